The van der Waals surface area contributed by atoms with Crippen molar-refractivity contribution in [3.05, 3.63) is 0 Å². The van der Waals surface area contributed by atoms with Crippen molar-refractivity contribution in [3.8, 4) is 0 Å². The van der Waals surface area contributed by atoms with Crippen molar-refractivity contribution < 1.29 is 13.2 Å². The number of nitrogens with zero attached hydrogens (tertiary/aromatic N) is 1. The second-order valence-corrected chi connectivity index (χ2v) is 11.0. The Kier molecular flexibility index (Phi) is 4.65. The highest BCUT2D eigenvalue weighted by atomic mass is 32.2. The van der Waals surface area contributed by atoms with E-state index < -0.39 is 9.84 Å². The van der Waals surface area contributed by atoms with Crippen LogP contribution in [0.3, 0.4) is 0 Å². The van der Waals surface area contributed by atoms with Gasteiger partial charge in [-0.1, -0.05) is 19.3 Å². The molecule has 3 aliphatic carbocycles. The number of rotatable bonds is 5. The molecule has 1 saturated heterocycles. The van der Waals surface area contributed by atoms with Gasteiger partial charge in [0, 0.05) is 12.6 Å². The first-order valence-corrected chi connectivity index (χ1v) is 11.8. The molecule has 0 aromatic rings. The number of likely N-dealkylation sites (tertiary alicyclic amines) is 1. The van der Waals surface area contributed by atoms with E-state index in [0.29, 0.717) is 6.04 Å². The Balaban J connectivity index is 1.36. The molecule has 0 aromatic heterocycles. The Labute approximate surface area is 146 Å². The molecular formula is C19H31NO3S. The number of hydrogen-bond acceptors (Lipinski definition) is 3. The van der Waals surface area contributed by atoms with Crippen molar-refractivity contribution in [2.45, 2.75) is 81.9 Å². The lowest BCUT2D eigenvalue weighted by Gasteiger charge is -2.30. The van der Waals surface area contributed by atoms with Gasteiger partial charge in [-0.3, -0.25) is 4.79 Å². The minimum Gasteiger partial charge on any atom is -0.339 e. The summed E-state index contributed by atoms with van der Waals surface area (Å²) in [5.41, 5.74) is 0. The van der Waals surface area contributed by atoms with Gasteiger partial charge in [0.25, 0.3) is 0 Å². The number of hydrogen-bond donors (Lipinski definition) is 0. The second-order valence-electron chi connectivity index (χ2n) is 8.77. The van der Waals surface area contributed by atoms with E-state index in [1.54, 1.807) is 0 Å². The van der Waals surface area contributed by atoms with E-state index in [4.69, 9.17) is 0 Å². The minimum atomic E-state index is -3.25. The van der Waals surface area contributed by atoms with Gasteiger partial charge >= 0.3 is 0 Å². The lowest BCUT2D eigenvalue weighted by molar-refractivity contribution is -0.129. The molecule has 1 heterocycles. The Morgan fingerprint density at radius 1 is 0.958 bits per heavy atom. The van der Waals surface area contributed by atoms with Crippen molar-refractivity contribution in [2.24, 2.45) is 17.8 Å². The Hall–Kier alpha value is -0.580. The summed E-state index contributed by atoms with van der Waals surface area (Å²) < 4.78 is 25.0. The molecule has 136 valence electrons. The Bertz CT molecular complexity index is 581. The summed E-state index contributed by atoms with van der Waals surface area (Å²) in [6.07, 6.45) is 12.3. The summed E-state index contributed by atoms with van der Waals surface area (Å²) in [4.78, 5) is 14.6. The van der Waals surface area contributed by atoms with Crippen LogP contribution in [0.15, 0.2) is 0 Å². The number of sulfone groups is 1. The van der Waals surface area contributed by atoms with E-state index in [0.717, 1.165) is 69.2 Å². The highest BCUT2D eigenvalue weighted by Crippen LogP contribution is 2.50. The van der Waals surface area contributed by atoms with Gasteiger partial charge in [-0.05, 0) is 69.1 Å². The maximum atomic E-state index is 12.7. The lowest BCUT2D eigenvalue weighted by atomic mass is 9.84. The number of carbonyl (C=O) groups excluding carboxylic acids is 1. The van der Waals surface area contributed by atoms with Crippen LogP contribution in [0.25, 0.3) is 0 Å². The van der Waals surface area contributed by atoms with Gasteiger partial charge in [0.1, 0.15) is 5.75 Å². The fourth-order valence-electron chi connectivity index (χ4n) is 6.04. The average molecular weight is 354 g/mol. The van der Waals surface area contributed by atoms with Crippen LogP contribution in [-0.4, -0.2) is 42.8 Å². The largest absolute Gasteiger partial charge is 0.339 e. The molecule has 0 N–H and O–H groups in total. The molecule has 5 heteroatoms. The van der Waals surface area contributed by atoms with Gasteiger partial charge in [-0.15, -0.1) is 0 Å². The zero-order chi connectivity index (χ0) is 16.7. The molecule has 3 saturated carbocycles. The van der Waals surface area contributed by atoms with Crippen LogP contribution in [0, 0.1) is 17.8 Å². The van der Waals surface area contributed by atoms with Gasteiger partial charge in [0.05, 0.1) is 5.25 Å². The molecule has 1 amide bonds. The van der Waals surface area contributed by atoms with E-state index in [-0.39, 0.29) is 16.9 Å². The Morgan fingerprint density at radius 2 is 1.75 bits per heavy atom. The summed E-state index contributed by atoms with van der Waals surface area (Å²) in [7, 11) is -3.25. The summed E-state index contributed by atoms with van der Waals surface area (Å²) in [6, 6.07) is 0.306. The van der Waals surface area contributed by atoms with Crippen molar-refractivity contribution in [2.75, 3.05) is 12.3 Å². The van der Waals surface area contributed by atoms with E-state index in [1.807, 2.05) is 4.90 Å². The third-order valence-corrected chi connectivity index (χ3v) is 9.43. The smallest absolute Gasteiger partial charge is 0.238 e. The average Bonchev–Trinajstić information content (AvgIpc) is 3.31. The fourth-order valence-corrected chi connectivity index (χ4v) is 7.84. The SMILES string of the molecule is O=C(CS(=O)(=O)C1CCCC1)N1CCC[C@@H]1C[C@@H]1C[C@H]2CC[C@H]1C2. The third kappa shape index (κ3) is 3.25. The van der Waals surface area contributed by atoms with Crippen molar-refractivity contribution in [1.29, 1.82) is 0 Å². The normalized spacial score (nSPS) is 36.8. The number of amides is 1. The fraction of sp³-hybridized carbons (Fsp3) is 0.947. The summed E-state index contributed by atoms with van der Waals surface area (Å²) >= 11 is 0. The van der Waals surface area contributed by atoms with E-state index >= 15 is 0 Å². The lowest BCUT2D eigenvalue weighted by Crippen LogP contribution is -2.41. The first-order chi connectivity index (χ1) is 11.5. The zero-order valence-corrected chi connectivity index (χ0v) is 15.5. The first kappa shape index (κ1) is 16.9. The van der Waals surface area contributed by atoms with E-state index in [1.165, 1.54) is 25.7 Å². The van der Waals surface area contributed by atoms with Crippen LogP contribution >= 0.6 is 0 Å². The third-order valence-electron chi connectivity index (χ3n) is 7.29. The van der Waals surface area contributed by atoms with Crippen LogP contribution < -0.4 is 0 Å². The van der Waals surface area contributed by atoms with Gasteiger partial charge in [0.2, 0.25) is 5.91 Å². The molecule has 4 aliphatic rings. The molecule has 0 spiro atoms. The second kappa shape index (κ2) is 6.62. The van der Waals surface area contributed by atoms with Gasteiger partial charge < -0.3 is 4.90 Å². The molecule has 4 fully saturated rings. The highest BCUT2D eigenvalue weighted by molar-refractivity contribution is 7.92. The predicted octanol–water partition coefficient (Wildman–Crippen LogP) is 3.16. The maximum absolute atomic E-state index is 12.7. The molecule has 1 aliphatic heterocycles. The molecule has 0 unspecified atom stereocenters. The van der Waals surface area contributed by atoms with Crippen molar-refractivity contribution >= 4 is 15.7 Å². The van der Waals surface area contributed by atoms with Gasteiger partial charge in [-0.2, -0.15) is 0 Å². The molecule has 4 atom stereocenters. The quantitative estimate of drug-likeness (QED) is 0.763. The zero-order valence-electron chi connectivity index (χ0n) is 14.7. The standard InChI is InChI=1S/C19H31NO3S/c21-19(13-24(22,23)18-5-1-2-6-18)20-9-3-4-17(20)12-16-11-14-7-8-15(16)10-14/h14-18H,1-13H2/t14-,15-,16-,17+/m0/s1. The molecule has 0 aromatic carbocycles. The monoisotopic (exact) mass is 353 g/mol. The van der Waals surface area contributed by atoms with Crippen LogP contribution in [0.4, 0.5) is 0 Å². The topological polar surface area (TPSA) is 54.5 Å². The van der Waals surface area contributed by atoms with Crippen molar-refractivity contribution in [3.63, 3.8) is 0 Å². The molecule has 4 rings (SSSR count). The molecular weight excluding hydrogens is 322 g/mol. The van der Waals surface area contributed by atoms with Crippen LogP contribution in [0.5, 0.6) is 0 Å². The Morgan fingerprint density at radius 3 is 2.42 bits per heavy atom. The molecule has 4 nitrogen and oxygen atoms in total. The maximum Gasteiger partial charge on any atom is 0.238 e. The number of fused-ring (bicyclic) bond motifs is 2. The summed E-state index contributed by atoms with van der Waals surface area (Å²) in [5.74, 6) is 2.24. The molecule has 24 heavy (non-hydrogen) atoms. The van der Waals surface area contributed by atoms with Crippen LogP contribution in [0.1, 0.15) is 70.6 Å². The minimum absolute atomic E-state index is 0.118. The van der Waals surface area contributed by atoms with E-state index in [9.17, 15) is 13.2 Å². The van der Waals surface area contributed by atoms with Crippen molar-refractivity contribution in [1.82, 2.24) is 4.90 Å². The van der Waals surface area contributed by atoms with Crippen LogP contribution in [-0.2, 0) is 14.6 Å². The van der Waals surface area contributed by atoms with Gasteiger partial charge in [-0.25, -0.2) is 8.42 Å². The highest BCUT2D eigenvalue weighted by Gasteiger charge is 2.42. The molecule has 2 bridgehead atoms. The van der Waals surface area contributed by atoms with E-state index in [2.05, 4.69) is 0 Å². The summed E-state index contributed by atoms with van der Waals surface area (Å²) in [6.45, 7) is 0.768. The van der Waals surface area contributed by atoms with Gasteiger partial charge in [0.15, 0.2) is 9.84 Å². The number of carbonyl (C=O) groups is 1. The first-order valence-electron chi connectivity index (χ1n) is 10.0. The molecule has 0 radical (unpaired) electrons. The predicted molar refractivity (Wildman–Crippen MR) is 94.3 cm³/mol. The van der Waals surface area contributed by atoms with Crippen LogP contribution in [0.2, 0.25) is 0 Å². The summed E-state index contributed by atoms with van der Waals surface area (Å²) in [5, 5.41) is -0.256.